The van der Waals surface area contributed by atoms with Gasteiger partial charge < -0.3 is 5.32 Å². The van der Waals surface area contributed by atoms with Crippen molar-refractivity contribution in [3.05, 3.63) is 78.5 Å². The molecule has 4 nitrogen and oxygen atoms in total. The molecule has 0 aromatic heterocycles. The first-order chi connectivity index (χ1) is 12.2. The number of rotatable bonds is 3. The van der Waals surface area contributed by atoms with Gasteiger partial charge in [-0.15, -0.1) is 6.58 Å². The van der Waals surface area contributed by atoms with Gasteiger partial charge in [-0.25, -0.2) is 4.79 Å². The second-order valence-electron chi connectivity index (χ2n) is 5.93. The lowest BCUT2D eigenvalue weighted by Crippen LogP contribution is -2.30. The molecule has 3 amide bonds. The highest BCUT2D eigenvalue weighted by atomic mass is 16.2. The highest BCUT2D eigenvalue weighted by molar-refractivity contribution is 6.16. The minimum atomic E-state index is -0.416. The molecule has 0 atom stereocenters. The van der Waals surface area contributed by atoms with E-state index in [1.807, 2.05) is 48.5 Å². The average Bonchev–Trinajstić information content (AvgIpc) is 2.89. The minimum absolute atomic E-state index is 0.193. The van der Waals surface area contributed by atoms with Crippen LogP contribution in [0, 0.1) is 0 Å². The van der Waals surface area contributed by atoms with Crippen LogP contribution in [0.3, 0.4) is 0 Å². The van der Waals surface area contributed by atoms with Gasteiger partial charge in [0.1, 0.15) is 5.70 Å². The molecule has 1 aliphatic heterocycles. The molecule has 3 aromatic rings. The molecule has 122 valence electrons. The molecule has 0 saturated carbocycles. The third-order valence-corrected chi connectivity index (χ3v) is 4.38. The Bertz CT molecular complexity index is 1010. The number of benzene rings is 3. The second-order valence-corrected chi connectivity index (χ2v) is 5.93. The zero-order valence-corrected chi connectivity index (χ0v) is 13.5. The van der Waals surface area contributed by atoms with Crippen LogP contribution in [-0.4, -0.2) is 23.4 Å². The maximum Gasteiger partial charge on any atom is 0.329 e. The standard InChI is InChI=1S/C21H16N2O2/c1-2-11-23-20(24)19(22-21(23)25)13-18-16-9-5-3-7-14(16)12-15-8-4-6-10-17(15)18/h2-10,12-13H,1,11H2,(H,22,25)/b19-13+. The molecular weight excluding hydrogens is 312 g/mol. The number of fused-ring (bicyclic) bond motifs is 2. The second kappa shape index (κ2) is 5.91. The Hall–Kier alpha value is -3.40. The Morgan fingerprint density at radius 2 is 1.56 bits per heavy atom. The van der Waals surface area contributed by atoms with E-state index in [0.717, 1.165) is 32.0 Å². The number of nitrogens with one attached hydrogen (secondary N) is 1. The molecule has 1 heterocycles. The molecule has 0 bridgehead atoms. The van der Waals surface area contributed by atoms with E-state index in [0.29, 0.717) is 0 Å². The van der Waals surface area contributed by atoms with Gasteiger partial charge in [0.25, 0.3) is 5.91 Å². The van der Waals surface area contributed by atoms with Crippen LogP contribution in [0.1, 0.15) is 5.56 Å². The smallest absolute Gasteiger partial charge is 0.303 e. The minimum Gasteiger partial charge on any atom is -0.303 e. The average molecular weight is 328 g/mol. The van der Waals surface area contributed by atoms with E-state index in [2.05, 4.69) is 18.0 Å². The van der Waals surface area contributed by atoms with E-state index in [9.17, 15) is 9.59 Å². The number of imide groups is 1. The lowest BCUT2D eigenvalue weighted by molar-refractivity contribution is -0.122. The first kappa shape index (κ1) is 15.1. The van der Waals surface area contributed by atoms with Gasteiger partial charge >= 0.3 is 6.03 Å². The van der Waals surface area contributed by atoms with Crippen LogP contribution in [0.25, 0.3) is 27.6 Å². The third-order valence-electron chi connectivity index (χ3n) is 4.38. The van der Waals surface area contributed by atoms with Crippen LogP contribution in [0.15, 0.2) is 72.9 Å². The SMILES string of the molecule is C=CCN1C(=O)N/C(=C/c2c3ccccc3cc3ccccc23)C1=O. The summed E-state index contributed by atoms with van der Waals surface area (Å²) in [5.74, 6) is -0.332. The van der Waals surface area contributed by atoms with Gasteiger partial charge in [0.05, 0.1) is 0 Å². The zero-order valence-electron chi connectivity index (χ0n) is 13.5. The van der Waals surface area contributed by atoms with Crippen molar-refractivity contribution in [1.29, 1.82) is 0 Å². The molecule has 25 heavy (non-hydrogen) atoms. The summed E-state index contributed by atoms with van der Waals surface area (Å²) >= 11 is 0. The molecule has 1 N–H and O–H groups in total. The van der Waals surface area contributed by atoms with Gasteiger partial charge in [-0.3, -0.25) is 9.69 Å². The van der Waals surface area contributed by atoms with Crippen LogP contribution in [0.5, 0.6) is 0 Å². The molecular formula is C21H16N2O2. The van der Waals surface area contributed by atoms with Crippen molar-refractivity contribution in [3.63, 3.8) is 0 Å². The summed E-state index contributed by atoms with van der Waals surface area (Å²) < 4.78 is 0. The van der Waals surface area contributed by atoms with Gasteiger partial charge in [-0.05, 0) is 39.3 Å². The van der Waals surface area contributed by atoms with Crippen LogP contribution in [0.2, 0.25) is 0 Å². The molecule has 3 aromatic carbocycles. The number of carbonyl (C=O) groups excluding carboxylic acids is 2. The monoisotopic (exact) mass is 328 g/mol. The highest BCUT2D eigenvalue weighted by Crippen LogP contribution is 2.30. The maximum atomic E-state index is 12.5. The van der Waals surface area contributed by atoms with E-state index >= 15 is 0 Å². The van der Waals surface area contributed by atoms with E-state index in [1.165, 1.54) is 6.08 Å². The van der Waals surface area contributed by atoms with E-state index < -0.39 is 6.03 Å². The first-order valence-corrected chi connectivity index (χ1v) is 8.05. The predicted octanol–water partition coefficient (Wildman–Crippen LogP) is 4.07. The third kappa shape index (κ3) is 2.48. The molecule has 0 aliphatic carbocycles. The summed E-state index contributed by atoms with van der Waals surface area (Å²) in [5, 5.41) is 6.93. The number of amides is 3. The van der Waals surface area contributed by atoms with Gasteiger partial charge in [-0.1, -0.05) is 54.6 Å². The van der Waals surface area contributed by atoms with Crippen molar-refractivity contribution in [1.82, 2.24) is 10.2 Å². The van der Waals surface area contributed by atoms with Gasteiger partial charge in [0.15, 0.2) is 0 Å². The van der Waals surface area contributed by atoms with Crippen molar-refractivity contribution in [2.75, 3.05) is 6.54 Å². The largest absolute Gasteiger partial charge is 0.329 e. The lowest BCUT2D eigenvalue weighted by Gasteiger charge is -2.09. The summed E-state index contributed by atoms with van der Waals surface area (Å²) in [5.41, 5.74) is 1.21. The number of urea groups is 1. The molecule has 0 spiro atoms. The summed E-state index contributed by atoms with van der Waals surface area (Å²) in [6.07, 6.45) is 3.31. The molecule has 1 aliphatic rings. The van der Waals surface area contributed by atoms with Crippen molar-refractivity contribution >= 4 is 39.6 Å². The molecule has 0 unspecified atom stereocenters. The van der Waals surface area contributed by atoms with Crippen LogP contribution in [0.4, 0.5) is 4.79 Å². The Morgan fingerprint density at radius 1 is 0.960 bits per heavy atom. The zero-order chi connectivity index (χ0) is 17.4. The fourth-order valence-corrected chi connectivity index (χ4v) is 3.22. The van der Waals surface area contributed by atoms with Crippen molar-refractivity contribution in [3.8, 4) is 0 Å². The van der Waals surface area contributed by atoms with Gasteiger partial charge in [-0.2, -0.15) is 0 Å². The first-order valence-electron chi connectivity index (χ1n) is 8.05. The lowest BCUT2D eigenvalue weighted by atomic mass is 9.96. The maximum absolute atomic E-state index is 12.5. The van der Waals surface area contributed by atoms with Crippen molar-refractivity contribution in [2.45, 2.75) is 0 Å². The van der Waals surface area contributed by atoms with Gasteiger partial charge in [0, 0.05) is 6.54 Å². The Balaban J connectivity index is 1.95. The normalized spacial score (nSPS) is 16.0. The van der Waals surface area contributed by atoms with E-state index in [4.69, 9.17) is 0 Å². The summed E-state index contributed by atoms with van der Waals surface area (Å²) in [7, 11) is 0. The molecule has 1 saturated heterocycles. The number of nitrogens with zero attached hydrogens (tertiary/aromatic N) is 1. The molecule has 0 radical (unpaired) electrons. The number of hydrogen-bond donors (Lipinski definition) is 1. The summed E-state index contributed by atoms with van der Waals surface area (Å²) in [6, 6.07) is 17.8. The quantitative estimate of drug-likeness (QED) is 0.341. The molecule has 4 rings (SSSR count). The van der Waals surface area contributed by atoms with Crippen molar-refractivity contribution < 1.29 is 9.59 Å². The molecule has 1 fully saturated rings. The fourth-order valence-electron chi connectivity index (χ4n) is 3.22. The fraction of sp³-hybridized carbons (Fsp3) is 0.0476. The van der Waals surface area contributed by atoms with Crippen LogP contribution >= 0.6 is 0 Å². The van der Waals surface area contributed by atoms with Crippen LogP contribution < -0.4 is 5.32 Å². The van der Waals surface area contributed by atoms with E-state index in [-0.39, 0.29) is 18.1 Å². The summed E-state index contributed by atoms with van der Waals surface area (Å²) in [6.45, 7) is 3.78. The summed E-state index contributed by atoms with van der Waals surface area (Å²) in [4.78, 5) is 25.7. The highest BCUT2D eigenvalue weighted by Gasteiger charge is 2.32. The van der Waals surface area contributed by atoms with Crippen LogP contribution in [-0.2, 0) is 4.79 Å². The van der Waals surface area contributed by atoms with Gasteiger partial charge in [0.2, 0.25) is 0 Å². The topological polar surface area (TPSA) is 49.4 Å². The predicted molar refractivity (Wildman–Crippen MR) is 99.9 cm³/mol. The van der Waals surface area contributed by atoms with E-state index in [1.54, 1.807) is 6.08 Å². The number of carbonyl (C=O) groups is 2. The Kier molecular flexibility index (Phi) is 3.58. The Labute approximate surface area is 145 Å². The van der Waals surface area contributed by atoms with Crippen molar-refractivity contribution in [2.24, 2.45) is 0 Å². The Morgan fingerprint density at radius 3 is 2.16 bits per heavy atom. The number of hydrogen-bond acceptors (Lipinski definition) is 2. The molecule has 4 heteroatoms.